The van der Waals surface area contributed by atoms with E-state index >= 15 is 0 Å². The topological polar surface area (TPSA) is 56.8 Å². The molecular weight excluding hydrogens is 330 g/mol. The van der Waals surface area contributed by atoms with Crippen LogP contribution < -0.4 is 19.5 Å². The Labute approximate surface area is 155 Å². The second-order valence-electron chi connectivity index (χ2n) is 7.00. The maximum atomic E-state index is 12.1. The Bertz CT molecular complexity index is 750. The molecule has 5 heteroatoms. The first-order valence-corrected chi connectivity index (χ1v) is 8.55. The predicted octanol–water partition coefficient (Wildman–Crippen LogP) is 3.70. The molecule has 0 fully saturated rings. The Kier molecular flexibility index (Phi) is 6.50. The second kappa shape index (κ2) is 8.61. The summed E-state index contributed by atoms with van der Waals surface area (Å²) in [7, 11) is 3.17. The van der Waals surface area contributed by atoms with Gasteiger partial charge in [-0.15, -0.1) is 0 Å². The van der Waals surface area contributed by atoms with Gasteiger partial charge >= 0.3 is 0 Å². The van der Waals surface area contributed by atoms with Crippen molar-refractivity contribution in [1.82, 2.24) is 5.32 Å². The van der Waals surface area contributed by atoms with Crippen molar-refractivity contribution in [3.8, 4) is 17.2 Å². The molecule has 140 valence electrons. The van der Waals surface area contributed by atoms with Crippen LogP contribution in [0, 0.1) is 0 Å². The first-order valence-electron chi connectivity index (χ1n) is 8.55. The minimum atomic E-state index is -0.177. The fraction of sp³-hybridized carbons (Fsp3) is 0.381. The average Bonchev–Trinajstić information content (AvgIpc) is 2.63. The molecule has 0 radical (unpaired) electrons. The number of benzene rings is 2. The van der Waals surface area contributed by atoms with Gasteiger partial charge in [-0.25, -0.2) is 0 Å². The quantitative estimate of drug-likeness (QED) is 0.821. The van der Waals surface area contributed by atoms with Crippen LogP contribution in [-0.2, 0) is 16.8 Å². The summed E-state index contributed by atoms with van der Waals surface area (Å²) in [6.45, 7) is 6.72. The van der Waals surface area contributed by atoms with Gasteiger partial charge in [-0.3, -0.25) is 4.79 Å². The first kappa shape index (κ1) is 19.6. The third-order valence-corrected chi connectivity index (χ3v) is 3.99. The van der Waals surface area contributed by atoms with E-state index in [0.717, 1.165) is 16.9 Å². The molecular formula is C21H27NO4. The summed E-state index contributed by atoms with van der Waals surface area (Å²) in [5, 5.41) is 2.86. The monoisotopic (exact) mass is 357 g/mol. The maximum Gasteiger partial charge on any atom is 0.258 e. The van der Waals surface area contributed by atoms with Gasteiger partial charge in [0.25, 0.3) is 5.91 Å². The van der Waals surface area contributed by atoms with E-state index in [4.69, 9.17) is 14.2 Å². The molecule has 5 nitrogen and oxygen atoms in total. The highest BCUT2D eigenvalue weighted by molar-refractivity contribution is 5.77. The maximum absolute atomic E-state index is 12.1. The fourth-order valence-corrected chi connectivity index (χ4v) is 2.60. The summed E-state index contributed by atoms with van der Waals surface area (Å²) in [4.78, 5) is 12.1. The average molecular weight is 357 g/mol. The third kappa shape index (κ3) is 5.15. The lowest BCUT2D eigenvalue weighted by Gasteiger charge is -2.22. The van der Waals surface area contributed by atoms with Gasteiger partial charge in [-0.1, -0.05) is 45.0 Å². The zero-order chi connectivity index (χ0) is 19.2. The zero-order valence-electron chi connectivity index (χ0n) is 16.1. The van der Waals surface area contributed by atoms with Crippen LogP contribution in [-0.4, -0.2) is 26.7 Å². The Balaban J connectivity index is 1.93. The number of methoxy groups -OCH3 is 2. The van der Waals surface area contributed by atoms with Gasteiger partial charge in [0.15, 0.2) is 18.1 Å². The number of para-hydroxylation sites is 1. The predicted molar refractivity (Wildman–Crippen MR) is 102 cm³/mol. The van der Waals surface area contributed by atoms with Crippen molar-refractivity contribution in [1.29, 1.82) is 0 Å². The van der Waals surface area contributed by atoms with Gasteiger partial charge in [-0.05, 0) is 34.7 Å². The van der Waals surface area contributed by atoms with Crippen molar-refractivity contribution in [3.05, 3.63) is 53.6 Å². The first-order chi connectivity index (χ1) is 12.3. The van der Waals surface area contributed by atoms with Crippen LogP contribution in [0.25, 0.3) is 0 Å². The lowest BCUT2D eigenvalue weighted by molar-refractivity contribution is -0.123. The van der Waals surface area contributed by atoms with E-state index in [1.807, 2.05) is 42.5 Å². The molecule has 0 saturated heterocycles. The van der Waals surface area contributed by atoms with Gasteiger partial charge < -0.3 is 19.5 Å². The second-order valence-corrected chi connectivity index (χ2v) is 7.00. The number of hydrogen-bond donors (Lipinski definition) is 1. The molecule has 0 aliphatic rings. The Morgan fingerprint density at radius 3 is 2.31 bits per heavy atom. The van der Waals surface area contributed by atoms with Gasteiger partial charge in [0.1, 0.15) is 5.75 Å². The number of carbonyl (C=O) groups is 1. The number of hydrogen-bond acceptors (Lipinski definition) is 4. The molecule has 0 unspecified atom stereocenters. The van der Waals surface area contributed by atoms with Crippen molar-refractivity contribution >= 4 is 5.91 Å². The molecule has 26 heavy (non-hydrogen) atoms. The highest BCUT2D eigenvalue weighted by Crippen LogP contribution is 2.31. The van der Waals surface area contributed by atoms with Crippen LogP contribution in [0.15, 0.2) is 42.5 Å². The van der Waals surface area contributed by atoms with Crippen molar-refractivity contribution in [2.45, 2.75) is 32.7 Å². The normalized spacial score (nSPS) is 11.0. The van der Waals surface area contributed by atoms with Crippen molar-refractivity contribution in [2.24, 2.45) is 0 Å². The van der Waals surface area contributed by atoms with E-state index in [-0.39, 0.29) is 17.9 Å². The summed E-state index contributed by atoms with van der Waals surface area (Å²) in [5.41, 5.74) is 1.95. The molecule has 0 heterocycles. The van der Waals surface area contributed by atoms with E-state index in [1.54, 1.807) is 14.2 Å². The van der Waals surface area contributed by atoms with Gasteiger partial charge in [0, 0.05) is 6.54 Å². The minimum Gasteiger partial charge on any atom is -0.493 e. The summed E-state index contributed by atoms with van der Waals surface area (Å²) >= 11 is 0. The van der Waals surface area contributed by atoms with Crippen LogP contribution >= 0.6 is 0 Å². The highest BCUT2D eigenvalue weighted by Gasteiger charge is 2.18. The lowest BCUT2D eigenvalue weighted by atomic mass is 9.86. The third-order valence-electron chi connectivity index (χ3n) is 3.99. The number of rotatable bonds is 7. The molecule has 0 saturated carbocycles. The molecule has 1 amide bonds. The van der Waals surface area contributed by atoms with Crippen LogP contribution in [0.5, 0.6) is 17.2 Å². The van der Waals surface area contributed by atoms with Crippen LogP contribution in [0.1, 0.15) is 31.9 Å². The Morgan fingerprint density at radius 1 is 0.962 bits per heavy atom. The van der Waals surface area contributed by atoms with Gasteiger partial charge in [0.05, 0.1) is 14.2 Å². The van der Waals surface area contributed by atoms with Crippen molar-refractivity contribution < 1.29 is 19.0 Å². The standard InChI is InChI=1S/C21H27NO4/c1-21(2,3)16-8-6-7-9-17(16)26-14-20(23)22-13-15-10-11-18(24-4)19(12-15)25-5/h6-12H,13-14H2,1-5H3,(H,22,23). The molecule has 1 N–H and O–H groups in total. The van der Waals surface area contributed by atoms with Gasteiger partial charge in [0.2, 0.25) is 0 Å². The minimum absolute atomic E-state index is 0.0274. The molecule has 0 aromatic heterocycles. The molecule has 0 spiro atoms. The van der Waals surface area contributed by atoms with E-state index in [0.29, 0.717) is 18.0 Å². The Morgan fingerprint density at radius 2 is 1.65 bits per heavy atom. The number of carbonyl (C=O) groups excluding carboxylic acids is 1. The van der Waals surface area contributed by atoms with Crippen LogP contribution in [0.3, 0.4) is 0 Å². The Hall–Kier alpha value is -2.69. The molecule has 2 rings (SSSR count). The van der Waals surface area contributed by atoms with E-state index in [9.17, 15) is 4.79 Å². The van der Waals surface area contributed by atoms with Crippen molar-refractivity contribution in [3.63, 3.8) is 0 Å². The van der Waals surface area contributed by atoms with Crippen molar-refractivity contribution in [2.75, 3.05) is 20.8 Å². The molecule has 0 bridgehead atoms. The molecule has 0 aliphatic carbocycles. The zero-order valence-corrected chi connectivity index (χ0v) is 16.1. The molecule has 2 aromatic carbocycles. The molecule has 2 aromatic rings. The number of nitrogens with one attached hydrogen (secondary N) is 1. The SMILES string of the molecule is COc1ccc(CNC(=O)COc2ccccc2C(C)(C)C)cc1OC. The molecule has 0 aliphatic heterocycles. The summed E-state index contributed by atoms with van der Waals surface area (Å²) in [5.74, 6) is 1.85. The number of amides is 1. The lowest BCUT2D eigenvalue weighted by Crippen LogP contribution is -2.29. The fourth-order valence-electron chi connectivity index (χ4n) is 2.60. The van der Waals surface area contributed by atoms with Gasteiger partial charge in [-0.2, -0.15) is 0 Å². The molecule has 0 atom stereocenters. The van der Waals surface area contributed by atoms with E-state index in [1.165, 1.54) is 0 Å². The summed E-state index contributed by atoms with van der Waals surface area (Å²) in [6, 6.07) is 13.3. The highest BCUT2D eigenvalue weighted by atomic mass is 16.5. The van der Waals surface area contributed by atoms with E-state index < -0.39 is 0 Å². The smallest absolute Gasteiger partial charge is 0.258 e. The van der Waals surface area contributed by atoms with Crippen LogP contribution in [0.4, 0.5) is 0 Å². The summed E-state index contributed by atoms with van der Waals surface area (Å²) in [6.07, 6.45) is 0. The largest absolute Gasteiger partial charge is 0.493 e. The van der Waals surface area contributed by atoms with E-state index in [2.05, 4.69) is 26.1 Å². The number of ether oxygens (including phenoxy) is 3. The van der Waals surface area contributed by atoms with Crippen LogP contribution in [0.2, 0.25) is 0 Å². The summed E-state index contributed by atoms with van der Waals surface area (Å²) < 4.78 is 16.2.